The quantitative estimate of drug-likeness (QED) is 0.639. The average Bonchev–Trinajstić information content (AvgIpc) is 2.60. The molecule has 68 valence electrons. The maximum Gasteiger partial charge on any atom is 0.413 e. The van der Waals surface area contributed by atoms with Crippen LogP contribution >= 0.6 is 0 Å². The highest BCUT2D eigenvalue weighted by Gasteiger charge is 2.43. The minimum absolute atomic E-state index is 0.484. The number of rotatable bonds is 2. The molecule has 2 N–H and O–H groups in total. The van der Waals surface area contributed by atoms with Gasteiger partial charge in [-0.2, -0.15) is 13.2 Å². The van der Waals surface area contributed by atoms with Gasteiger partial charge in [0.1, 0.15) is 0 Å². The Morgan fingerprint density at radius 3 is 2.17 bits per heavy atom. The Bertz CT molecular complexity index is 227. The van der Waals surface area contributed by atoms with Gasteiger partial charge in [-0.3, -0.25) is 4.79 Å². The van der Waals surface area contributed by atoms with Crippen LogP contribution < -0.4 is 5.73 Å². The van der Waals surface area contributed by atoms with Crippen molar-refractivity contribution in [1.29, 1.82) is 0 Å². The Balaban J connectivity index is 2.81. The van der Waals surface area contributed by atoms with Crippen LogP contribution in [0.1, 0.15) is 12.8 Å². The summed E-state index contributed by atoms with van der Waals surface area (Å²) in [5, 5.41) is 0. The fourth-order valence-corrected chi connectivity index (χ4v) is 0.979. The zero-order valence-electron chi connectivity index (χ0n) is 6.19. The maximum absolute atomic E-state index is 12.1. The number of amides is 1. The van der Waals surface area contributed by atoms with Gasteiger partial charge in [0.25, 0.3) is 0 Å². The Morgan fingerprint density at radius 1 is 1.42 bits per heavy atom. The van der Waals surface area contributed by atoms with Crippen LogP contribution in [0.3, 0.4) is 0 Å². The van der Waals surface area contributed by atoms with E-state index >= 15 is 0 Å². The molecule has 0 unspecified atom stereocenters. The van der Waals surface area contributed by atoms with Gasteiger partial charge in [-0.1, -0.05) is 0 Å². The average molecular weight is 179 g/mol. The molecule has 0 saturated heterocycles. The summed E-state index contributed by atoms with van der Waals surface area (Å²) in [6.45, 7) is 0. The second kappa shape index (κ2) is 2.80. The van der Waals surface area contributed by atoms with E-state index in [0.29, 0.717) is 18.9 Å². The molecule has 0 aromatic rings. The van der Waals surface area contributed by atoms with Crippen LogP contribution in [0.15, 0.2) is 11.6 Å². The molecule has 0 radical (unpaired) electrons. The van der Waals surface area contributed by atoms with Crippen molar-refractivity contribution in [2.24, 2.45) is 11.7 Å². The number of alkyl halides is 3. The van der Waals surface area contributed by atoms with E-state index in [1.54, 1.807) is 0 Å². The molecule has 0 aliphatic heterocycles. The van der Waals surface area contributed by atoms with Gasteiger partial charge in [0.05, 0.1) is 0 Å². The predicted molar refractivity (Wildman–Crippen MR) is 36.1 cm³/mol. The van der Waals surface area contributed by atoms with Crippen LogP contribution in [0.4, 0.5) is 13.2 Å². The number of carbonyl (C=O) groups is 1. The van der Waals surface area contributed by atoms with Gasteiger partial charge < -0.3 is 5.73 Å². The molecule has 1 rings (SSSR count). The van der Waals surface area contributed by atoms with Crippen LogP contribution in [0.2, 0.25) is 0 Å². The van der Waals surface area contributed by atoms with Crippen molar-refractivity contribution in [3.63, 3.8) is 0 Å². The SMILES string of the molecule is NC(=O)/C=C(\C1CC1)C(F)(F)F. The monoisotopic (exact) mass is 179 g/mol. The van der Waals surface area contributed by atoms with E-state index in [9.17, 15) is 18.0 Å². The topological polar surface area (TPSA) is 43.1 Å². The molecule has 0 atom stereocenters. The number of carbonyl (C=O) groups excluding carboxylic acids is 1. The Labute approximate surface area is 67.2 Å². The highest BCUT2D eigenvalue weighted by atomic mass is 19.4. The van der Waals surface area contributed by atoms with Gasteiger partial charge in [-0.05, 0) is 18.8 Å². The Hall–Kier alpha value is -1.00. The molecule has 0 heterocycles. The minimum Gasteiger partial charge on any atom is -0.366 e. The van der Waals surface area contributed by atoms with Gasteiger partial charge in [0, 0.05) is 11.6 Å². The van der Waals surface area contributed by atoms with E-state index in [-0.39, 0.29) is 0 Å². The van der Waals surface area contributed by atoms with Gasteiger partial charge >= 0.3 is 6.18 Å². The van der Waals surface area contributed by atoms with Crippen molar-refractivity contribution in [2.45, 2.75) is 19.0 Å². The number of nitrogens with two attached hydrogens (primary N) is 1. The first-order valence-electron chi connectivity index (χ1n) is 3.49. The molecule has 1 saturated carbocycles. The van der Waals surface area contributed by atoms with Crippen LogP contribution in [-0.4, -0.2) is 12.1 Å². The summed E-state index contributed by atoms with van der Waals surface area (Å²) in [6.07, 6.45) is -2.93. The van der Waals surface area contributed by atoms with E-state index < -0.39 is 23.6 Å². The summed E-state index contributed by atoms with van der Waals surface area (Å²) in [4.78, 5) is 10.2. The molecule has 1 aliphatic rings. The summed E-state index contributed by atoms with van der Waals surface area (Å²) >= 11 is 0. The van der Waals surface area contributed by atoms with E-state index in [1.807, 2.05) is 0 Å². The highest BCUT2D eigenvalue weighted by Crippen LogP contribution is 2.44. The lowest BCUT2D eigenvalue weighted by Crippen LogP contribution is -2.18. The van der Waals surface area contributed by atoms with Crippen molar-refractivity contribution in [3.05, 3.63) is 11.6 Å². The third-order valence-electron chi connectivity index (χ3n) is 1.64. The summed E-state index contributed by atoms with van der Waals surface area (Å²) < 4.78 is 36.3. The molecular formula is C7H8F3NO. The van der Waals surface area contributed by atoms with E-state index in [0.717, 1.165) is 0 Å². The molecule has 0 aromatic heterocycles. The first-order chi connectivity index (χ1) is 5.41. The highest BCUT2D eigenvalue weighted by molar-refractivity contribution is 5.86. The minimum atomic E-state index is -4.41. The van der Waals surface area contributed by atoms with Crippen LogP contribution in [-0.2, 0) is 4.79 Å². The fourth-order valence-electron chi connectivity index (χ4n) is 0.979. The largest absolute Gasteiger partial charge is 0.413 e. The zero-order chi connectivity index (χ0) is 9.35. The third-order valence-corrected chi connectivity index (χ3v) is 1.64. The van der Waals surface area contributed by atoms with E-state index in [1.165, 1.54) is 0 Å². The normalized spacial score (nSPS) is 19.4. The van der Waals surface area contributed by atoms with E-state index in [2.05, 4.69) is 5.73 Å². The summed E-state index contributed by atoms with van der Waals surface area (Å²) in [6, 6.07) is 0. The molecule has 0 spiro atoms. The number of hydrogen-bond donors (Lipinski definition) is 1. The lowest BCUT2D eigenvalue weighted by atomic mass is 10.1. The number of primary amides is 1. The molecule has 1 aliphatic carbocycles. The Kier molecular flexibility index (Phi) is 2.12. The van der Waals surface area contributed by atoms with Gasteiger partial charge in [0.2, 0.25) is 5.91 Å². The lowest BCUT2D eigenvalue weighted by molar-refractivity contribution is -0.115. The van der Waals surface area contributed by atoms with Crippen LogP contribution in [0, 0.1) is 5.92 Å². The fraction of sp³-hybridized carbons (Fsp3) is 0.571. The maximum atomic E-state index is 12.1. The molecule has 1 fully saturated rings. The number of halogens is 3. The summed E-state index contributed by atoms with van der Waals surface area (Å²) in [7, 11) is 0. The van der Waals surface area contributed by atoms with Crippen molar-refractivity contribution < 1.29 is 18.0 Å². The lowest BCUT2D eigenvalue weighted by Gasteiger charge is -2.08. The van der Waals surface area contributed by atoms with Crippen LogP contribution in [0.25, 0.3) is 0 Å². The van der Waals surface area contributed by atoms with Crippen molar-refractivity contribution in [2.75, 3.05) is 0 Å². The third kappa shape index (κ3) is 2.25. The molecule has 1 amide bonds. The summed E-state index contributed by atoms with van der Waals surface area (Å²) in [5.74, 6) is -1.54. The molecule has 2 nitrogen and oxygen atoms in total. The summed E-state index contributed by atoms with van der Waals surface area (Å²) in [5.41, 5.74) is 3.86. The second-order valence-corrected chi connectivity index (χ2v) is 2.77. The van der Waals surface area contributed by atoms with Gasteiger partial charge in [-0.25, -0.2) is 0 Å². The first-order valence-corrected chi connectivity index (χ1v) is 3.49. The Morgan fingerprint density at radius 2 is 1.92 bits per heavy atom. The molecule has 12 heavy (non-hydrogen) atoms. The standard InChI is InChI=1S/C7H8F3NO/c8-7(9,10)5(3-6(11)12)4-1-2-4/h3-4H,1-2H2,(H2,11,12)/b5-3+. The first kappa shape index (κ1) is 9.09. The van der Waals surface area contributed by atoms with Crippen molar-refractivity contribution >= 4 is 5.91 Å². The van der Waals surface area contributed by atoms with Crippen LogP contribution in [0.5, 0.6) is 0 Å². The van der Waals surface area contributed by atoms with Gasteiger partial charge in [0.15, 0.2) is 0 Å². The number of hydrogen-bond acceptors (Lipinski definition) is 1. The second-order valence-electron chi connectivity index (χ2n) is 2.77. The van der Waals surface area contributed by atoms with Gasteiger partial charge in [-0.15, -0.1) is 0 Å². The predicted octanol–water partition coefficient (Wildman–Crippen LogP) is 1.37. The van der Waals surface area contributed by atoms with E-state index in [4.69, 9.17) is 0 Å². The molecule has 0 bridgehead atoms. The molecule has 5 heteroatoms. The molecule has 0 aromatic carbocycles. The number of allylic oxidation sites excluding steroid dienone is 1. The van der Waals surface area contributed by atoms with Crippen molar-refractivity contribution in [3.8, 4) is 0 Å². The molecular weight excluding hydrogens is 171 g/mol. The van der Waals surface area contributed by atoms with Crippen molar-refractivity contribution in [1.82, 2.24) is 0 Å². The smallest absolute Gasteiger partial charge is 0.366 e. The zero-order valence-corrected chi connectivity index (χ0v) is 6.19.